The summed E-state index contributed by atoms with van der Waals surface area (Å²) in [5, 5.41) is 7.84. The Morgan fingerprint density at radius 2 is 2.31 bits per heavy atom. The largest absolute Gasteiger partial charge is 0.370 e. The van der Waals surface area contributed by atoms with Gasteiger partial charge in [-0.25, -0.2) is 0 Å². The Balaban J connectivity index is 1.86. The van der Waals surface area contributed by atoms with Crippen molar-refractivity contribution >= 4 is 0 Å². The van der Waals surface area contributed by atoms with Gasteiger partial charge in [0.25, 0.3) is 0 Å². The van der Waals surface area contributed by atoms with Crippen LogP contribution in [0, 0.1) is 5.92 Å². The first-order chi connectivity index (χ1) is 7.81. The van der Waals surface area contributed by atoms with Crippen molar-refractivity contribution in [2.24, 2.45) is 18.7 Å². The van der Waals surface area contributed by atoms with Crippen LogP contribution in [0.3, 0.4) is 0 Å². The molecule has 0 radical (unpaired) electrons. The fourth-order valence-electron chi connectivity index (χ4n) is 2.28. The number of nitrogens with two attached hydrogens (primary N) is 1. The Labute approximate surface area is 96.0 Å². The van der Waals surface area contributed by atoms with Crippen LogP contribution in [0.2, 0.25) is 0 Å². The first-order valence-corrected chi connectivity index (χ1v) is 5.96. The highest BCUT2D eigenvalue weighted by molar-refractivity contribution is 4.83. The lowest BCUT2D eigenvalue weighted by Gasteiger charge is -2.30. The van der Waals surface area contributed by atoms with Crippen LogP contribution in [0.1, 0.15) is 31.5 Å². The number of aromatic nitrogens is 3. The summed E-state index contributed by atoms with van der Waals surface area (Å²) >= 11 is 0. The van der Waals surface area contributed by atoms with E-state index in [1.807, 2.05) is 11.6 Å². The van der Waals surface area contributed by atoms with Gasteiger partial charge in [-0.15, -0.1) is 10.2 Å². The van der Waals surface area contributed by atoms with Crippen molar-refractivity contribution in [2.75, 3.05) is 6.54 Å². The van der Waals surface area contributed by atoms with E-state index in [1.54, 1.807) is 6.33 Å². The summed E-state index contributed by atoms with van der Waals surface area (Å²) in [6.07, 6.45) is 6.85. The van der Waals surface area contributed by atoms with Gasteiger partial charge < -0.3 is 15.0 Å². The molecule has 1 heterocycles. The van der Waals surface area contributed by atoms with Crippen LogP contribution in [0.4, 0.5) is 0 Å². The third kappa shape index (κ3) is 2.59. The Morgan fingerprint density at radius 3 is 3.00 bits per heavy atom. The van der Waals surface area contributed by atoms with Gasteiger partial charge in [0.15, 0.2) is 5.82 Å². The second-order valence-electron chi connectivity index (χ2n) is 4.49. The minimum absolute atomic E-state index is 0.301. The van der Waals surface area contributed by atoms with E-state index in [0.29, 0.717) is 18.6 Å². The molecule has 1 aromatic rings. The maximum atomic E-state index is 5.91. The molecule has 5 nitrogen and oxygen atoms in total. The molecule has 0 aliphatic heterocycles. The van der Waals surface area contributed by atoms with Gasteiger partial charge in [0.2, 0.25) is 0 Å². The highest BCUT2D eigenvalue weighted by Gasteiger charge is 2.24. The fourth-order valence-corrected chi connectivity index (χ4v) is 2.28. The van der Waals surface area contributed by atoms with Crippen LogP contribution in [0.15, 0.2) is 6.33 Å². The zero-order chi connectivity index (χ0) is 11.4. The lowest BCUT2D eigenvalue weighted by atomic mass is 9.86. The van der Waals surface area contributed by atoms with Crippen molar-refractivity contribution < 1.29 is 4.74 Å². The summed E-state index contributed by atoms with van der Waals surface area (Å²) in [5.41, 5.74) is 5.76. The molecule has 2 atom stereocenters. The average molecular weight is 224 g/mol. The van der Waals surface area contributed by atoms with Crippen LogP contribution < -0.4 is 5.73 Å². The molecule has 90 valence electrons. The van der Waals surface area contributed by atoms with Gasteiger partial charge in [0.1, 0.15) is 12.9 Å². The van der Waals surface area contributed by atoms with E-state index in [9.17, 15) is 0 Å². The molecule has 16 heavy (non-hydrogen) atoms. The van der Waals surface area contributed by atoms with E-state index in [2.05, 4.69) is 10.2 Å². The van der Waals surface area contributed by atoms with Crippen LogP contribution in [0.25, 0.3) is 0 Å². The van der Waals surface area contributed by atoms with Crippen LogP contribution >= 0.6 is 0 Å². The molecule has 0 amide bonds. The molecule has 1 aromatic heterocycles. The van der Waals surface area contributed by atoms with Crippen molar-refractivity contribution in [3.8, 4) is 0 Å². The Hall–Kier alpha value is -0.940. The van der Waals surface area contributed by atoms with Gasteiger partial charge in [0, 0.05) is 7.05 Å². The van der Waals surface area contributed by atoms with Gasteiger partial charge in [0.05, 0.1) is 6.10 Å². The van der Waals surface area contributed by atoms with E-state index in [1.165, 1.54) is 19.3 Å². The molecular weight excluding hydrogens is 204 g/mol. The number of hydrogen-bond donors (Lipinski definition) is 1. The standard InChI is InChI=1S/C11H20N4O/c1-15-8-13-14-11(15)7-16-10-5-3-2-4-9(10)6-12/h8-10H,2-7,12H2,1H3. The van der Waals surface area contributed by atoms with E-state index in [4.69, 9.17) is 10.5 Å². The zero-order valence-corrected chi connectivity index (χ0v) is 9.80. The number of rotatable bonds is 4. The van der Waals surface area contributed by atoms with Crippen molar-refractivity contribution in [1.29, 1.82) is 0 Å². The molecule has 5 heteroatoms. The number of nitrogens with zero attached hydrogens (tertiary/aromatic N) is 3. The third-order valence-corrected chi connectivity index (χ3v) is 3.37. The SMILES string of the molecule is Cn1cnnc1COC1CCCCC1CN. The first-order valence-electron chi connectivity index (χ1n) is 5.96. The molecule has 0 bridgehead atoms. The predicted molar refractivity (Wildman–Crippen MR) is 60.6 cm³/mol. The molecule has 0 saturated heterocycles. The van der Waals surface area contributed by atoms with Crippen LogP contribution in [-0.4, -0.2) is 27.4 Å². The summed E-state index contributed by atoms with van der Waals surface area (Å²) < 4.78 is 7.80. The topological polar surface area (TPSA) is 66.0 Å². The number of aryl methyl sites for hydroxylation is 1. The van der Waals surface area contributed by atoms with Gasteiger partial charge in [-0.05, 0) is 25.3 Å². The summed E-state index contributed by atoms with van der Waals surface area (Å²) in [6.45, 7) is 1.27. The molecule has 1 fully saturated rings. The van der Waals surface area contributed by atoms with E-state index in [0.717, 1.165) is 18.8 Å². The summed E-state index contributed by atoms with van der Waals surface area (Å²) in [6, 6.07) is 0. The highest BCUT2D eigenvalue weighted by atomic mass is 16.5. The summed E-state index contributed by atoms with van der Waals surface area (Å²) in [5.74, 6) is 1.39. The molecule has 0 spiro atoms. The Bertz CT molecular complexity index is 326. The van der Waals surface area contributed by atoms with Gasteiger partial charge in [-0.2, -0.15) is 0 Å². The fraction of sp³-hybridized carbons (Fsp3) is 0.818. The zero-order valence-electron chi connectivity index (χ0n) is 9.80. The van der Waals surface area contributed by atoms with Crippen molar-refractivity contribution in [1.82, 2.24) is 14.8 Å². The lowest BCUT2D eigenvalue weighted by Crippen LogP contribution is -2.33. The number of ether oxygens (including phenoxy) is 1. The van der Waals surface area contributed by atoms with Crippen molar-refractivity contribution in [3.05, 3.63) is 12.2 Å². The summed E-state index contributed by atoms with van der Waals surface area (Å²) in [4.78, 5) is 0. The molecule has 0 aromatic carbocycles. The highest BCUT2D eigenvalue weighted by Crippen LogP contribution is 2.26. The molecule has 1 aliphatic rings. The van der Waals surface area contributed by atoms with Crippen LogP contribution in [0.5, 0.6) is 0 Å². The predicted octanol–water partition coefficient (Wildman–Crippen LogP) is 0.849. The molecule has 2 rings (SSSR count). The second kappa shape index (κ2) is 5.41. The van der Waals surface area contributed by atoms with Gasteiger partial charge in [-0.1, -0.05) is 12.8 Å². The molecule has 1 saturated carbocycles. The molecule has 2 N–H and O–H groups in total. The molecule has 2 unspecified atom stereocenters. The van der Waals surface area contributed by atoms with Gasteiger partial charge in [-0.3, -0.25) is 0 Å². The maximum Gasteiger partial charge on any atom is 0.158 e. The second-order valence-corrected chi connectivity index (χ2v) is 4.49. The van der Waals surface area contributed by atoms with E-state index < -0.39 is 0 Å². The molecule has 1 aliphatic carbocycles. The number of hydrogen-bond acceptors (Lipinski definition) is 4. The van der Waals surface area contributed by atoms with E-state index in [-0.39, 0.29) is 0 Å². The Morgan fingerprint density at radius 1 is 1.50 bits per heavy atom. The van der Waals surface area contributed by atoms with Crippen LogP contribution in [-0.2, 0) is 18.4 Å². The molecular formula is C11H20N4O. The lowest BCUT2D eigenvalue weighted by molar-refractivity contribution is -0.0218. The first kappa shape index (κ1) is 11.5. The third-order valence-electron chi connectivity index (χ3n) is 3.37. The summed E-state index contributed by atoms with van der Waals surface area (Å²) in [7, 11) is 1.93. The van der Waals surface area contributed by atoms with Crippen molar-refractivity contribution in [3.63, 3.8) is 0 Å². The quantitative estimate of drug-likeness (QED) is 0.823. The minimum atomic E-state index is 0.301. The Kier molecular flexibility index (Phi) is 3.90. The average Bonchev–Trinajstić information content (AvgIpc) is 2.72. The monoisotopic (exact) mass is 224 g/mol. The van der Waals surface area contributed by atoms with Crippen molar-refractivity contribution in [2.45, 2.75) is 38.4 Å². The maximum absolute atomic E-state index is 5.91. The van der Waals surface area contributed by atoms with Gasteiger partial charge >= 0.3 is 0 Å². The minimum Gasteiger partial charge on any atom is -0.370 e. The smallest absolute Gasteiger partial charge is 0.158 e. The van der Waals surface area contributed by atoms with E-state index >= 15 is 0 Å². The normalized spacial score (nSPS) is 25.9.